The molecule has 2 N–H and O–H groups in total. The van der Waals surface area contributed by atoms with Crippen LogP contribution in [0.1, 0.15) is 53.3 Å². The monoisotopic (exact) mass is 600 g/mol. The van der Waals surface area contributed by atoms with Crippen molar-refractivity contribution in [2.24, 2.45) is 16.8 Å². The Morgan fingerprint density at radius 2 is 1.88 bits per heavy atom. The van der Waals surface area contributed by atoms with Crippen LogP contribution < -0.4 is 10.5 Å². The minimum Gasteiger partial charge on any atom is -0.494 e. The second-order valence-corrected chi connectivity index (χ2v) is 10.0. The first kappa shape index (κ1) is 29.9. The molecule has 10 nitrogen and oxygen atoms in total. The molecule has 1 fully saturated rings. The Morgan fingerprint density at radius 3 is 2.51 bits per heavy atom. The Hall–Kier alpha value is -4.59. The van der Waals surface area contributed by atoms with Crippen molar-refractivity contribution in [3.63, 3.8) is 0 Å². The number of nitrogens with two attached hydrogens (primary N) is 1. The van der Waals surface area contributed by atoms with Gasteiger partial charge in [0, 0.05) is 41.7 Å². The van der Waals surface area contributed by atoms with Crippen LogP contribution in [-0.2, 0) is 11.0 Å². The Morgan fingerprint density at radius 1 is 1.14 bits per heavy atom. The smallest absolute Gasteiger partial charge is 0.433 e. The van der Waals surface area contributed by atoms with E-state index in [0.717, 1.165) is 12.3 Å². The summed E-state index contributed by atoms with van der Waals surface area (Å²) in [5, 5.41) is 4.35. The third-order valence-corrected chi connectivity index (χ3v) is 7.24. The lowest BCUT2D eigenvalue weighted by Gasteiger charge is -2.32. The van der Waals surface area contributed by atoms with Crippen LogP contribution >= 0.6 is 0 Å². The van der Waals surface area contributed by atoms with E-state index in [2.05, 4.69) is 20.1 Å². The molecule has 1 aliphatic heterocycles. The fourth-order valence-electron chi connectivity index (χ4n) is 5.14. The summed E-state index contributed by atoms with van der Waals surface area (Å²) in [5.41, 5.74) is 6.05. The number of pyridine rings is 2. The highest BCUT2D eigenvalue weighted by Crippen LogP contribution is 2.38. The van der Waals surface area contributed by atoms with E-state index in [-0.39, 0.29) is 45.5 Å². The van der Waals surface area contributed by atoms with Gasteiger partial charge in [-0.3, -0.25) is 9.78 Å². The van der Waals surface area contributed by atoms with E-state index in [0.29, 0.717) is 37.2 Å². The summed E-state index contributed by atoms with van der Waals surface area (Å²) in [4.78, 5) is 32.3. The molecule has 4 aromatic rings. The van der Waals surface area contributed by atoms with Crippen LogP contribution in [0.15, 0.2) is 52.3 Å². The van der Waals surface area contributed by atoms with Crippen LogP contribution in [0.25, 0.3) is 22.4 Å². The summed E-state index contributed by atoms with van der Waals surface area (Å²) in [6, 6.07) is 5.95. The van der Waals surface area contributed by atoms with Crippen molar-refractivity contribution in [1.29, 1.82) is 0 Å². The maximum Gasteiger partial charge on any atom is 0.433 e. The lowest BCUT2D eigenvalue weighted by atomic mass is 9.88. The maximum absolute atomic E-state index is 14.5. The third kappa shape index (κ3) is 5.87. The first-order chi connectivity index (χ1) is 20.5. The number of hydrogen-bond acceptors (Lipinski definition) is 9. The van der Waals surface area contributed by atoms with Crippen LogP contribution in [0.4, 0.5) is 17.6 Å². The standard InChI is InChI=1S/C29H28F4N6O4/c1-15(34)26-25(28(40)39-12-9-16(10-13-39)23(38-42-3)19-8-11-35-14-20(19)30)37-27(43-26)18-4-6-21(41-2)24-17(18)5-7-22(36-24)29(31,32)33/h4-8,11,14-16H,9-10,12-13,34H2,1-3H3/t15-/m1/s1. The van der Waals surface area contributed by atoms with Gasteiger partial charge in [-0.25, -0.2) is 14.4 Å². The molecule has 0 bridgehead atoms. The van der Waals surface area contributed by atoms with Crippen molar-refractivity contribution < 1.29 is 36.3 Å². The summed E-state index contributed by atoms with van der Waals surface area (Å²) >= 11 is 0. The Kier molecular flexibility index (Phi) is 8.31. The van der Waals surface area contributed by atoms with Crippen molar-refractivity contribution in [2.45, 2.75) is 32.0 Å². The molecule has 226 valence electrons. The number of alkyl halides is 3. The molecule has 1 aromatic carbocycles. The largest absolute Gasteiger partial charge is 0.494 e. The number of rotatable bonds is 7. The summed E-state index contributed by atoms with van der Waals surface area (Å²) < 4.78 is 65.8. The Balaban J connectivity index is 1.44. The lowest BCUT2D eigenvalue weighted by molar-refractivity contribution is -0.140. The summed E-state index contributed by atoms with van der Waals surface area (Å²) in [7, 11) is 2.71. The molecule has 0 saturated carbocycles. The Bertz CT molecular complexity index is 1680. The molecule has 1 atom stereocenters. The van der Waals surface area contributed by atoms with E-state index in [9.17, 15) is 22.4 Å². The Labute approximate surface area is 243 Å². The highest BCUT2D eigenvalue weighted by Gasteiger charge is 2.35. The van der Waals surface area contributed by atoms with Gasteiger partial charge in [0.05, 0.1) is 25.1 Å². The van der Waals surface area contributed by atoms with Crippen molar-refractivity contribution in [1.82, 2.24) is 19.9 Å². The number of hydrogen-bond donors (Lipinski definition) is 1. The molecule has 0 radical (unpaired) electrons. The predicted molar refractivity (Wildman–Crippen MR) is 148 cm³/mol. The number of carbonyl (C=O) groups excluding carboxylic acids is 1. The van der Waals surface area contributed by atoms with Gasteiger partial charge >= 0.3 is 6.18 Å². The SMILES string of the molecule is CON=C(c1ccncc1F)C1CCN(C(=O)c2nc(-c3ccc(OC)c4nc(C(F)(F)F)ccc34)oc2[C@@H](C)N)CC1. The fraction of sp³-hybridized carbons (Fsp3) is 0.345. The molecular weight excluding hydrogens is 572 g/mol. The van der Waals surface area contributed by atoms with Gasteiger partial charge < -0.3 is 24.6 Å². The number of methoxy groups -OCH3 is 1. The highest BCUT2D eigenvalue weighted by molar-refractivity contribution is 6.02. The molecule has 3 aromatic heterocycles. The molecule has 5 rings (SSSR count). The van der Waals surface area contributed by atoms with Crippen LogP contribution in [-0.4, -0.2) is 58.8 Å². The van der Waals surface area contributed by atoms with E-state index >= 15 is 0 Å². The number of piperidine rings is 1. The van der Waals surface area contributed by atoms with Gasteiger partial charge in [-0.1, -0.05) is 5.16 Å². The number of ether oxygens (including phenoxy) is 1. The molecule has 4 heterocycles. The summed E-state index contributed by atoms with van der Waals surface area (Å²) in [6.07, 6.45) is -1.13. The zero-order valence-corrected chi connectivity index (χ0v) is 23.5. The average molecular weight is 601 g/mol. The zero-order valence-electron chi connectivity index (χ0n) is 23.5. The molecule has 0 unspecified atom stereocenters. The van der Waals surface area contributed by atoms with Gasteiger partial charge in [-0.2, -0.15) is 13.2 Å². The highest BCUT2D eigenvalue weighted by atomic mass is 19.4. The molecule has 0 aliphatic carbocycles. The van der Waals surface area contributed by atoms with E-state index in [1.807, 2.05) is 0 Å². The van der Waals surface area contributed by atoms with Gasteiger partial charge in [0.15, 0.2) is 17.3 Å². The number of carbonyl (C=O) groups is 1. The third-order valence-electron chi connectivity index (χ3n) is 7.24. The van der Waals surface area contributed by atoms with Crippen LogP contribution in [0, 0.1) is 11.7 Å². The van der Waals surface area contributed by atoms with Gasteiger partial charge in [0.25, 0.3) is 5.91 Å². The van der Waals surface area contributed by atoms with E-state index in [1.54, 1.807) is 17.9 Å². The minimum absolute atomic E-state index is 0.00162. The molecule has 1 aliphatic rings. The number of nitrogens with zero attached hydrogens (tertiary/aromatic N) is 5. The minimum atomic E-state index is -4.66. The first-order valence-corrected chi connectivity index (χ1v) is 13.3. The van der Waals surface area contributed by atoms with E-state index < -0.39 is 29.6 Å². The quantitative estimate of drug-likeness (QED) is 0.170. The molecule has 1 saturated heterocycles. The number of amides is 1. The van der Waals surface area contributed by atoms with Gasteiger partial charge in [-0.05, 0) is 50.1 Å². The molecule has 1 amide bonds. The van der Waals surface area contributed by atoms with Crippen LogP contribution in [0.5, 0.6) is 5.75 Å². The van der Waals surface area contributed by atoms with E-state index in [1.165, 1.54) is 38.6 Å². The topological polar surface area (TPSA) is 129 Å². The second kappa shape index (κ2) is 12.0. The van der Waals surface area contributed by atoms with Crippen molar-refractivity contribution >= 4 is 22.5 Å². The number of benzene rings is 1. The fourth-order valence-corrected chi connectivity index (χ4v) is 5.14. The number of halogens is 4. The maximum atomic E-state index is 14.5. The van der Waals surface area contributed by atoms with Crippen molar-refractivity contribution in [3.05, 3.63) is 71.3 Å². The first-order valence-electron chi connectivity index (χ1n) is 13.3. The van der Waals surface area contributed by atoms with E-state index in [4.69, 9.17) is 19.7 Å². The average Bonchev–Trinajstić information content (AvgIpc) is 3.44. The number of oxime groups is 1. The predicted octanol–water partition coefficient (Wildman–Crippen LogP) is 5.37. The van der Waals surface area contributed by atoms with Crippen LogP contribution in [0.2, 0.25) is 0 Å². The normalized spacial score (nSPS) is 15.5. The van der Waals surface area contributed by atoms with Crippen LogP contribution in [0.3, 0.4) is 0 Å². The number of likely N-dealkylation sites (tertiary alicyclic amines) is 1. The number of fused-ring (bicyclic) bond motifs is 1. The molecule has 14 heteroatoms. The lowest BCUT2D eigenvalue weighted by Crippen LogP contribution is -2.41. The van der Waals surface area contributed by atoms with Gasteiger partial charge in [0.2, 0.25) is 5.89 Å². The van der Waals surface area contributed by atoms with Crippen molar-refractivity contribution in [2.75, 3.05) is 27.3 Å². The zero-order chi connectivity index (χ0) is 30.9. The molecular formula is C29H28F4N6O4. The number of oxazole rings is 1. The second-order valence-electron chi connectivity index (χ2n) is 10.0. The van der Waals surface area contributed by atoms with Crippen molar-refractivity contribution in [3.8, 4) is 17.2 Å². The molecule has 0 spiro atoms. The molecule has 43 heavy (non-hydrogen) atoms. The summed E-state index contributed by atoms with van der Waals surface area (Å²) in [6.45, 7) is 2.26. The number of aromatic nitrogens is 3. The van der Waals surface area contributed by atoms with Gasteiger partial charge in [-0.15, -0.1) is 0 Å². The van der Waals surface area contributed by atoms with Gasteiger partial charge in [0.1, 0.15) is 24.1 Å². The summed E-state index contributed by atoms with van der Waals surface area (Å²) in [5.74, 6) is -0.859.